The minimum atomic E-state index is -3.52. The molecule has 5 aliphatic rings. The molecule has 2 aromatic heterocycles. The van der Waals surface area contributed by atoms with Gasteiger partial charge in [0.25, 0.3) is 20.0 Å². The number of hydrogen-bond acceptors (Lipinski definition) is 22. The van der Waals surface area contributed by atoms with Crippen LogP contribution in [0.15, 0.2) is 92.0 Å². The first-order chi connectivity index (χ1) is 36.8. The van der Waals surface area contributed by atoms with Crippen molar-refractivity contribution < 1.29 is 104 Å². The second kappa shape index (κ2) is 31.0. The molecule has 2 aromatic carbocycles. The van der Waals surface area contributed by atoms with Crippen LogP contribution in [0.4, 0.5) is 11.4 Å². The van der Waals surface area contributed by atoms with E-state index in [1.807, 2.05) is 48.5 Å². The van der Waals surface area contributed by atoms with Gasteiger partial charge in [0.15, 0.2) is 5.78 Å². The molecule has 7 heterocycles. The van der Waals surface area contributed by atoms with E-state index in [0.717, 1.165) is 42.9 Å². The monoisotopic (exact) mass is 1190 g/mol. The van der Waals surface area contributed by atoms with Crippen LogP contribution < -0.4 is 45.1 Å². The molecule has 4 aromatic rings. The molecule has 5 saturated heterocycles. The summed E-state index contributed by atoms with van der Waals surface area (Å²) >= 11 is 2.50. The van der Waals surface area contributed by atoms with Crippen LogP contribution in [0, 0.1) is 0 Å². The van der Waals surface area contributed by atoms with Crippen molar-refractivity contribution in [1.82, 2.24) is 13.5 Å². The van der Waals surface area contributed by atoms with Gasteiger partial charge in [0.05, 0.1) is 61.8 Å². The van der Waals surface area contributed by atoms with Crippen molar-refractivity contribution in [3.8, 4) is 0 Å². The third-order valence-corrected chi connectivity index (χ3v) is 19.2. The smallest absolute Gasteiger partial charge is 0.793 e. The number of ketones is 1. The number of hydrogen-bond donors (Lipinski definition) is 3. The Balaban J connectivity index is 0.000000261. The van der Waals surface area contributed by atoms with Gasteiger partial charge in [0, 0.05) is 84.5 Å². The fourth-order valence-corrected chi connectivity index (χ4v) is 13.5. The quantitative estimate of drug-likeness (QED) is 0.0904. The van der Waals surface area contributed by atoms with Gasteiger partial charge in [0.2, 0.25) is 5.97 Å². The zero-order chi connectivity index (χ0) is 57.4. The first-order valence-corrected chi connectivity index (χ1v) is 29.6. The molecule has 0 saturated carbocycles. The Hall–Kier alpha value is -3.88. The largest absolute Gasteiger partial charge is 1.00 e. The zero-order valence-corrected chi connectivity index (χ0v) is 51.2. The van der Waals surface area contributed by atoms with E-state index in [9.17, 15) is 46.2 Å². The summed E-state index contributed by atoms with van der Waals surface area (Å²) in [5.41, 5.74) is 7.88. The fourth-order valence-electron chi connectivity index (χ4n) is 8.30. The minimum Gasteiger partial charge on any atom is -0.793 e. The standard InChI is InChI=1S/C24H33N3O5S2.C18H25N3O3S2.C4H6O4.C3H4O2.C2H3BO2.Na/c1-24(2,28)18-5-7-19(8-6-18)26-10-9-25(34(29,30)23-4-3-11-33-23)12-20(26)13-27(21-14-31-15-21)22-16-32-17-22;1-18(2,22)14-5-7-15(8-6-14)21-10-9-20(13-16(21)12-19)26(23,24)17-4-3-11-25-17;1-3(5)7-8-4(2)6;4-3-1-5-2-3;1-2(4)5-3;/h3-8,11,20-22,28H,9-10,12-17H2,1-2H3;3-8,11,16,22H,9-10,12-13,19H2,1-2H3;1-2H3;1-2H2;1H3;/q;;;;-1;+1/t20-;16-;;;;/m10..../s1. The maximum absolute atomic E-state index is 13.3. The number of rotatable bonds is 13. The van der Waals surface area contributed by atoms with Gasteiger partial charge in [-0.05, 0) is 86.0 Å². The average molecular weight is 1190 g/mol. The summed E-state index contributed by atoms with van der Waals surface area (Å²) in [5, 5.41) is 24.0. The van der Waals surface area contributed by atoms with Crippen molar-refractivity contribution in [1.29, 1.82) is 0 Å². The van der Waals surface area contributed by atoms with Crippen LogP contribution in [0.25, 0.3) is 0 Å². The third kappa shape index (κ3) is 19.9. The van der Waals surface area contributed by atoms with E-state index < -0.39 is 49.2 Å². The van der Waals surface area contributed by atoms with E-state index >= 15 is 0 Å². The molecule has 9 rings (SSSR count). The van der Waals surface area contributed by atoms with Gasteiger partial charge in [-0.25, -0.2) is 36.2 Å². The van der Waals surface area contributed by atoms with Gasteiger partial charge in [-0.15, -0.1) is 22.7 Å². The van der Waals surface area contributed by atoms with Gasteiger partial charge in [-0.1, -0.05) is 36.4 Å². The summed E-state index contributed by atoms with van der Waals surface area (Å²) < 4.78 is 75.1. The molecule has 0 bridgehead atoms. The molecule has 79 heavy (non-hydrogen) atoms. The average Bonchev–Trinajstić information content (AvgIpc) is 4.15. The number of Topliss-reactive ketones (excluding diaryl/α,β-unsaturated/α-hetero) is 1. The number of carbonyl (C=O) groups excluding carboxylic acids is 4. The predicted octanol–water partition coefficient (Wildman–Crippen LogP) is 0.0186. The van der Waals surface area contributed by atoms with Gasteiger partial charge < -0.3 is 52.7 Å². The second-order valence-corrected chi connectivity index (χ2v) is 25.8. The number of benzene rings is 2. The van der Waals surface area contributed by atoms with E-state index in [0.29, 0.717) is 106 Å². The third-order valence-electron chi connectivity index (χ3n) is 12.7. The molecule has 3 radical (unpaired) electrons. The maximum Gasteiger partial charge on any atom is 1.00 e. The summed E-state index contributed by atoms with van der Waals surface area (Å²) in [7, 11) is -2.65. The number of thiophene rings is 2. The number of sulfonamides is 2. The SMILES string of the molecule is CC(=O)OOC(C)=O.CC(C)(O)c1ccc(N2CCN(S(=O)(=O)c3cccs3)C[C@@H]2CN(C2COC2)C2COC2)cc1.CC(C)(O)c1ccc(N2CCN(S(=O)(=O)c3cccs3)C[C@@H]2CN)cc1.O=C1COC1.[B-]OC(C)=O.[Na+]. The van der Waals surface area contributed by atoms with E-state index in [1.54, 1.807) is 67.0 Å². The normalized spacial score (nSPS) is 19.1. The van der Waals surface area contributed by atoms with Crippen LogP contribution in [-0.2, 0) is 79.1 Å². The van der Waals surface area contributed by atoms with Crippen molar-refractivity contribution >= 4 is 85.8 Å². The van der Waals surface area contributed by atoms with E-state index in [1.165, 1.54) is 33.9 Å². The number of piperazine rings is 2. The second-order valence-electron chi connectivity index (χ2n) is 19.6. The summed E-state index contributed by atoms with van der Waals surface area (Å²) in [6.07, 6.45) is 0. The number of aliphatic hydroxyl groups is 2. The van der Waals surface area contributed by atoms with Crippen LogP contribution in [0.1, 0.15) is 59.6 Å². The number of nitrogens with zero attached hydrogens (tertiary/aromatic N) is 5. The molecule has 0 unspecified atom stereocenters. The molecule has 2 atom stereocenters. The molecular weight excluding hydrogens is 1110 g/mol. The molecule has 5 aliphatic heterocycles. The number of nitrogens with two attached hydrogens (primary N) is 1. The van der Waals surface area contributed by atoms with Crippen LogP contribution in [-0.4, -0.2) is 188 Å². The van der Waals surface area contributed by atoms with Gasteiger partial charge in [0.1, 0.15) is 21.6 Å². The Bertz CT molecular complexity index is 2720. The Morgan fingerprint density at radius 1 is 0.658 bits per heavy atom. The summed E-state index contributed by atoms with van der Waals surface area (Å²) in [5.74, 6) is -1.53. The molecule has 28 heteroatoms. The zero-order valence-electron chi connectivity index (χ0n) is 45.9. The first kappa shape index (κ1) is 67.6. The maximum atomic E-state index is 13.3. The van der Waals surface area contributed by atoms with E-state index in [2.05, 4.69) is 41.9 Å². The Labute approximate surface area is 494 Å². The van der Waals surface area contributed by atoms with E-state index in [-0.39, 0.29) is 47.4 Å². The number of ether oxygens (including phenoxy) is 3. The van der Waals surface area contributed by atoms with Gasteiger partial charge in [-0.2, -0.15) is 8.61 Å². The predicted molar refractivity (Wildman–Crippen MR) is 294 cm³/mol. The van der Waals surface area contributed by atoms with Crippen molar-refractivity contribution in [3.63, 3.8) is 0 Å². The van der Waals surface area contributed by atoms with Crippen molar-refractivity contribution in [3.05, 3.63) is 94.7 Å². The molecule has 4 N–H and O–H groups in total. The van der Waals surface area contributed by atoms with Gasteiger partial charge >= 0.3 is 41.5 Å². The molecule has 0 amide bonds. The van der Waals surface area contributed by atoms with Crippen LogP contribution in [0.5, 0.6) is 0 Å². The molecule has 0 spiro atoms. The van der Waals surface area contributed by atoms with Crippen LogP contribution in [0.3, 0.4) is 0 Å². The molecule has 429 valence electrons. The molecular formula is C51H71BN6NaO16S4. The fraction of sp³-hybridized carbons (Fsp3) is 0.529. The molecule has 5 fully saturated rings. The topological polar surface area (TPSA) is 275 Å². The number of anilines is 2. The summed E-state index contributed by atoms with van der Waals surface area (Å²) in [4.78, 5) is 53.5. The van der Waals surface area contributed by atoms with E-state index in [4.69, 9.17) is 15.2 Å². The summed E-state index contributed by atoms with van der Waals surface area (Å²) in [6.45, 7) is 18.0. The Morgan fingerprint density at radius 3 is 1.29 bits per heavy atom. The van der Waals surface area contributed by atoms with Crippen LogP contribution >= 0.6 is 22.7 Å². The molecule has 22 nitrogen and oxygen atoms in total. The van der Waals surface area contributed by atoms with Crippen molar-refractivity contribution in [2.24, 2.45) is 5.73 Å². The number of carbonyl (C=O) groups is 4. The van der Waals surface area contributed by atoms with Crippen molar-refractivity contribution in [2.45, 2.75) is 92.3 Å². The van der Waals surface area contributed by atoms with Crippen molar-refractivity contribution in [2.75, 3.05) is 102 Å². The first-order valence-electron chi connectivity index (χ1n) is 25.0. The molecule has 0 aliphatic carbocycles. The van der Waals surface area contributed by atoms with Gasteiger partial charge in [-0.3, -0.25) is 14.5 Å². The summed E-state index contributed by atoms with van der Waals surface area (Å²) in [6, 6.07) is 23.1. The van der Waals surface area contributed by atoms with Crippen LogP contribution in [0.2, 0.25) is 0 Å². The Kier molecular flexibility index (Phi) is 26.5. The minimum absolute atomic E-state index is 0. The Morgan fingerprint density at radius 2 is 1.03 bits per heavy atom.